The largest absolute Gasteiger partial charge is 0.508 e. The van der Waals surface area contributed by atoms with Crippen molar-refractivity contribution in [3.05, 3.63) is 59.3 Å². The predicted molar refractivity (Wildman–Crippen MR) is 119 cm³/mol. The van der Waals surface area contributed by atoms with Crippen LogP contribution in [0.1, 0.15) is 41.3 Å². The summed E-state index contributed by atoms with van der Waals surface area (Å²) in [5, 5.41) is 31.1. The second kappa shape index (κ2) is 9.37. The summed E-state index contributed by atoms with van der Waals surface area (Å²) >= 11 is 0. The van der Waals surface area contributed by atoms with Crippen molar-refractivity contribution in [3.8, 4) is 17.2 Å². The van der Waals surface area contributed by atoms with E-state index in [0.717, 1.165) is 38.4 Å². The number of benzene rings is 2. The van der Waals surface area contributed by atoms with Crippen molar-refractivity contribution < 1.29 is 19.7 Å². The van der Waals surface area contributed by atoms with Crippen molar-refractivity contribution in [2.75, 3.05) is 31.6 Å². The highest BCUT2D eigenvalue weighted by Crippen LogP contribution is 2.35. The zero-order chi connectivity index (χ0) is 22.7. The quantitative estimate of drug-likeness (QED) is 0.543. The second-order valence-electron chi connectivity index (χ2n) is 8.13. The van der Waals surface area contributed by atoms with Gasteiger partial charge in [0.15, 0.2) is 5.82 Å². The highest BCUT2D eigenvalue weighted by molar-refractivity contribution is 6.03. The number of ether oxygens (including phenoxy) is 1. The van der Waals surface area contributed by atoms with Gasteiger partial charge in [-0.1, -0.05) is 31.2 Å². The van der Waals surface area contributed by atoms with Gasteiger partial charge in [-0.2, -0.15) is 4.68 Å². The Morgan fingerprint density at radius 1 is 1.12 bits per heavy atom. The number of hydrogen-bond donors (Lipinski definition) is 3. The van der Waals surface area contributed by atoms with Gasteiger partial charge >= 0.3 is 0 Å². The van der Waals surface area contributed by atoms with Crippen LogP contribution in [0.4, 0.5) is 5.82 Å². The van der Waals surface area contributed by atoms with Crippen LogP contribution in [-0.2, 0) is 11.3 Å². The Balaban J connectivity index is 1.50. The summed E-state index contributed by atoms with van der Waals surface area (Å²) in [4.78, 5) is 15.1. The van der Waals surface area contributed by atoms with Crippen LogP contribution in [0.25, 0.3) is 5.69 Å². The summed E-state index contributed by atoms with van der Waals surface area (Å²) in [6, 6.07) is 10.4. The first kappa shape index (κ1) is 21.8. The third-order valence-corrected chi connectivity index (χ3v) is 5.49. The molecule has 2 aromatic carbocycles. The van der Waals surface area contributed by atoms with Gasteiger partial charge in [-0.15, -0.1) is 5.10 Å². The van der Waals surface area contributed by atoms with Gasteiger partial charge in [0.1, 0.15) is 17.2 Å². The Morgan fingerprint density at radius 2 is 1.84 bits per heavy atom. The van der Waals surface area contributed by atoms with Crippen LogP contribution in [0.5, 0.6) is 11.5 Å². The van der Waals surface area contributed by atoms with Crippen molar-refractivity contribution in [3.63, 3.8) is 0 Å². The minimum atomic E-state index is -0.311. The van der Waals surface area contributed by atoms with Crippen molar-refractivity contribution in [2.24, 2.45) is 0 Å². The lowest BCUT2D eigenvalue weighted by Gasteiger charge is -2.26. The molecule has 1 saturated heterocycles. The van der Waals surface area contributed by atoms with Crippen molar-refractivity contribution >= 4 is 11.7 Å². The number of carbonyl (C=O) groups excluding carboxylic acids is 1. The van der Waals surface area contributed by atoms with E-state index in [1.807, 2.05) is 26.0 Å². The number of aromatic hydroxyl groups is 2. The molecule has 168 valence electrons. The molecule has 1 aromatic heterocycles. The van der Waals surface area contributed by atoms with Gasteiger partial charge < -0.3 is 20.3 Å². The molecule has 0 radical (unpaired) electrons. The smallest absolute Gasteiger partial charge is 0.256 e. The van der Waals surface area contributed by atoms with Gasteiger partial charge in [-0.3, -0.25) is 9.69 Å². The monoisotopic (exact) mass is 437 g/mol. The fraction of sp³-hybridized carbons (Fsp3) is 0.348. The summed E-state index contributed by atoms with van der Waals surface area (Å²) in [6.07, 6.45) is 1.41. The Bertz CT molecular complexity index is 1090. The lowest BCUT2D eigenvalue weighted by Crippen LogP contribution is -2.35. The first-order valence-electron chi connectivity index (χ1n) is 10.6. The molecule has 0 spiro atoms. The summed E-state index contributed by atoms with van der Waals surface area (Å²) in [5.41, 5.74) is 2.60. The molecular formula is C23H27N5O4. The molecule has 3 aromatic rings. The molecule has 1 fully saturated rings. The van der Waals surface area contributed by atoms with Gasteiger partial charge in [0.25, 0.3) is 5.91 Å². The van der Waals surface area contributed by atoms with Crippen LogP contribution in [0.3, 0.4) is 0 Å². The molecule has 32 heavy (non-hydrogen) atoms. The van der Waals surface area contributed by atoms with E-state index in [-0.39, 0.29) is 23.3 Å². The number of phenols is 2. The molecule has 0 unspecified atom stereocenters. The zero-order valence-corrected chi connectivity index (χ0v) is 18.2. The van der Waals surface area contributed by atoms with E-state index in [1.54, 1.807) is 18.2 Å². The van der Waals surface area contributed by atoms with Crippen LogP contribution in [0.15, 0.2) is 42.6 Å². The maximum absolute atomic E-state index is 12.8. The zero-order valence-electron chi connectivity index (χ0n) is 18.2. The SMILES string of the molecule is CC(C)c1cc(-n2nncc2NC(=O)c2ccc(CN3CCOCC3)cc2)c(O)cc1O. The van der Waals surface area contributed by atoms with Gasteiger partial charge in [-0.05, 0) is 35.2 Å². The van der Waals surface area contributed by atoms with Gasteiger partial charge in [0, 0.05) is 31.3 Å². The molecule has 3 N–H and O–H groups in total. The van der Waals surface area contributed by atoms with E-state index in [0.29, 0.717) is 22.6 Å². The summed E-state index contributed by atoms with van der Waals surface area (Å²) in [5.74, 6) is -0.131. The third kappa shape index (κ3) is 4.74. The number of rotatable bonds is 6. The Morgan fingerprint density at radius 3 is 2.53 bits per heavy atom. The maximum atomic E-state index is 12.8. The van der Waals surface area contributed by atoms with Crippen molar-refractivity contribution in [2.45, 2.75) is 26.3 Å². The Labute approximate surface area is 186 Å². The summed E-state index contributed by atoms with van der Waals surface area (Å²) in [7, 11) is 0. The van der Waals surface area contributed by atoms with E-state index in [9.17, 15) is 15.0 Å². The lowest BCUT2D eigenvalue weighted by atomic mass is 10.0. The number of morpholine rings is 1. The van der Waals surface area contributed by atoms with E-state index >= 15 is 0 Å². The molecule has 2 heterocycles. The molecule has 9 nitrogen and oxygen atoms in total. The highest BCUT2D eigenvalue weighted by Gasteiger charge is 2.18. The molecule has 1 aliphatic heterocycles. The molecular weight excluding hydrogens is 410 g/mol. The van der Waals surface area contributed by atoms with E-state index in [1.165, 1.54) is 16.9 Å². The van der Waals surface area contributed by atoms with Gasteiger partial charge in [0.05, 0.1) is 19.4 Å². The molecule has 4 rings (SSSR count). The van der Waals surface area contributed by atoms with Crippen LogP contribution in [0.2, 0.25) is 0 Å². The first-order chi connectivity index (χ1) is 15.4. The molecule has 1 amide bonds. The van der Waals surface area contributed by atoms with Crippen molar-refractivity contribution in [1.29, 1.82) is 0 Å². The van der Waals surface area contributed by atoms with Crippen LogP contribution < -0.4 is 5.32 Å². The fourth-order valence-electron chi connectivity index (χ4n) is 3.68. The molecule has 0 atom stereocenters. The average Bonchev–Trinajstić information content (AvgIpc) is 3.22. The molecule has 0 saturated carbocycles. The molecule has 0 bridgehead atoms. The molecule has 0 aliphatic carbocycles. The van der Waals surface area contributed by atoms with E-state index < -0.39 is 0 Å². The number of anilines is 1. The minimum absolute atomic E-state index is 0.00381. The number of phenolic OH excluding ortho intramolecular Hbond substituents is 2. The van der Waals surface area contributed by atoms with Gasteiger partial charge in [0.2, 0.25) is 0 Å². The number of nitrogens with one attached hydrogen (secondary N) is 1. The number of hydrogen-bond acceptors (Lipinski definition) is 7. The Kier molecular flexibility index (Phi) is 6.38. The Hall–Kier alpha value is -3.43. The third-order valence-electron chi connectivity index (χ3n) is 5.49. The number of aromatic nitrogens is 3. The normalized spacial score (nSPS) is 14.6. The lowest BCUT2D eigenvalue weighted by molar-refractivity contribution is 0.0342. The summed E-state index contributed by atoms with van der Waals surface area (Å²) in [6.45, 7) is 7.99. The maximum Gasteiger partial charge on any atom is 0.256 e. The first-order valence-corrected chi connectivity index (χ1v) is 10.6. The highest BCUT2D eigenvalue weighted by atomic mass is 16.5. The van der Waals surface area contributed by atoms with Crippen LogP contribution in [-0.4, -0.2) is 62.3 Å². The predicted octanol–water partition coefficient (Wildman–Crippen LogP) is 2.89. The minimum Gasteiger partial charge on any atom is -0.508 e. The molecule has 9 heteroatoms. The fourth-order valence-corrected chi connectivity index (χ4v) is 3.68. The van der Waals surface area contributed by atoms with E-state index in [2.05, 4.69) is 20.5 Å². The average molecular weight is 438 g/mol. The van der Waals surface area contributed by atoms with Gasteiger partial charge in [-0.25, -0.2) is 0 Å². The summed E-state index contributed by atoms with van der Waals surface area (Å²) < 4.78 is 6.71. The van der Waals surface area contributed by atoms with Crippen molar-refractivity contribution in [1.82, 2.24) is 19.9 Å². The van der Waals surface area contributed by atoms with Crippen LogP contribution >= 0.6 is 0 Å². The molecule has 1 aliphatic rings. The number of carbonyl (C=O) groups is 1. The number of amides is 1. The topological polar surface area (TPSA) is 113 Å². The van der Waals surface area contributed by atoms with Crippen LogP contribution in [0, 0.1) is 0 Å². The number of nitrogens with zero attached hydrogens (tertiary/aromatic N) is 4. The second-order valence-corrected chi connectivity index (χ2v) is 8.13. The van der Waals surface area contributed by atoms with E-state index in [4.69, 9.17) is 4.74 Å². The standard InChI is InChI=1S/C23H27N5O4/c1-15(2)18-11-19(21(30)12-20(18)29)28-22(13-24-26-28)25-23(31)17-5-3-16(4-6-17)14-27-7-9-32-10-8-27/h3-6,11-13,15,29-30H,7-10,14H2,1-2H3,(H,25,31).